The van der Waals surface area contributed by atoms with Gasteiger partial charge < -0.3 is 62.3 Å². The van der Waals surface area contributed by atoms with Gasteiger partial charge in [-0.15, -0.1) is 6.58 Å². The minimum atomic E-state index is -0.927. The molecule has 0 amide bonds. The van der Waals surface area contributed by atoms with Crippen LogP contribution < -0.4 is 18.9 Å². The van der Waals surface area contributed by atoms with E-state index in [2.05, 4.69) is 39.5 Å². The summed E-state index contributed by atoms with van der Waals surface area (Å²) in [5.41, 5.74) is 0.877. The molecule has 0 spiro atoms. The first-order chi connectivity index (χ1) is 40.1. The van der Waals surface area contributed by atoms with Crippen LogP contribution in [0.5, 0.6) is 23.0 Å². The fourth-order valence-corrected chi connectivity index (χ4v) is 6.17. The summed E-state index contributed by atoms with van der Waals surface area (Å²) in [6.07, 6.45) is 18.0. The Hall–Kier alpha value is -9.08. The summed E-state index contributed by atoms with van der Waals surface area (Å²) in [6, 6.07) is 15.7. The molecule has 3 aromatic carbocycles. The molecule has 84 heavy (non-hydrogen) atoms. The molecule has 21 nitrogen and oxygen atoms in total. The summed E-state index contributed by atoms with van der Waals surface area (Å²) < 4.78 is 61.0. The molecule has 21 heteroatoms. The lowest BCUT2D eigenvalue weighted by molar-refractivity contribution is -0.138. The van der Waals surface area contributed by atoms with Crippen LogP contribution in [0.3, 0.4) is 0 Å². The van der Waals surface area contributed by atoms with E-state index in [1.807, 2.05) is 13.0 Å². The number of hydrogen-bond acceptors (Lipinski definition) is 20. The Morgan fingerprint density at radius 2 is 0.750 bits per heavy atom. The fraction of sp³-hybridized carbons (Fsp3) is 0.365. The zero-order valence-electron chi connectivity index (χ0n) is 48.1. The van der Waals surface area contributed by atoms with Crippen molar-refractivity contribution in [3.63, 3.8) is 0 Å². The molecule has 0 radical (unpaired) electrons. The highest BCUT2D eigenvalue weighted by atomic mass is 16.7. The number of benzene rings is 3. The number of allylic oxidation sites excluding steroid dienone is 3. The van der Waals surface area contributed by atoms with Crippen molar-refractivity contribution in [1.29, 1.82) is 0 Å². The maximum absolute atomic E-state index is 12.7. The summed E-state index contributed by atoms with van der Waals surface area (Å²) in [7, 11) is 0. The van der Waals surface area contributed by atoms with Crippen molar-refractivity contribution in [1.82, 2.24) is 0 Å². The predicted octanol–water partition coefficient (Wildman–Crippen LogP) is 11.5. The molecule has 0 atom stereocenters. The standard InChI is InChI=1S/C37H36O14.C14H22O3.C12H20O3.H2O/c1-4-32(38)44-20-6-8-22-46-36(42)49-28-14-10-26(11-15-28)34(40)48-30-18-19-31(25(3)24-30)51-35(41)27-12-16-29(17-13-27)50-37(43)47-23-9-7-21-45-33(39)5-2;1-4-10-13(3)16-11-8-6-7-9-12-17-14(15)5-2;1-3-9-14-10-7-5-6-8-11-15-12(13)4-2;/h4-5,10-19,24H,1-2,6-9,20-23H2,3H3;4-5,10H,1-2,6-9,11-12H2,3H3;3-4H,1-2,5-11H2;1H2/b;13-10+;;. The average molecular weight is 1170 g/mol. The Morgan fingerprint density at radius 1 is 0.405 bits per heavy atom. The molecule has 458 valence electrons. The SMILES string of the molecule is C=C/C=C(\C)OCCCCCCOC(=O)C=C.C=CC(=O)OCCCCOC(=O)Oc1ccc(C(=O)Oc2ccc(OC(=O)c3ccc(OC(=O)OCCCCOC(=O)C=C)cc3)c(C)c2)cc1.C=CCOCCCCCCOC(=O)C=C.O. The fourth-order valence-electron chi connectivity index (χ4n) is 6.17. The molecule has 2 N–H and O–H groups in total. The molecule has 0 fully saturated rings. The van der Waals surface area contributed by atoms with E-state index in [-0.39, 0.29) is 78.0 Å². The predicted molar refractivity (Wildman–Crippen MR) is 312 cm³/mol. The minimum Gasteiger partial charge on any atom is -0.498 e. The molecule has 0 aliphatic carbocycles. The second kappa shape index (κ2) is 48.6. The number of rotatable bonds is 38. The molecule has 0 aromatic heterocycles. The number of hydrogen-bond donors (Lipinski definition) is 0. The van der Waals surface area contributed by atoms with Crippen LogP contribution in [0.25, 0.3) is 0 Å². The smallest absolute Gasteiger partial charge is 0.498 e. The van der Waals surface area contributed by atoms with Gasteiger partial charge >= 0.3 is 48.1 Å². The second-order valence-electron chi connectivity index (χ2n) is 17.1. The maximum atomic E-state index is 12.7. The third-order valence-corrected chi connectivity index (χ3v) is 10.4. The van der Waals surface area contributed by atoms with E-state index >= 15 is 0 Å². The lowest BCUT2D eigenvalue weighted by Crippen LogP contribution is -2.13. The molecule has 0 saturated carbocycles. The summed E-state index contributed by atoms with van der Waals surface area (Å²) in [6.45, 7) is 27.5. The zero-order valence-corrected chi connectivity index (χ0v) is 48.1. The second-order valence-corrected chi connectivity index (χ2v) is 17.1. The Kier molecular flexibility index (Phi) is 43.4. The van der Waals surface area contributed by atoms with Gasteiger partial charge in [-0.3, -0.25) is 0 Å². The van der Waals surface area contributed by atoms with E-state index in [1.165, 1.54) is 78.9 Å². The van der Waals surface area contributed by atoms with Gasteiger partial charge in [0, 0.05) is 30.9 Å². The van der Waals surface area contributed by atoms with Gasteiger partial charge in [0.25, 0.3) is 0 Å². The number of carbonyl (C=O) groups is 8. The van der Waals surface area contributed by atoms with Crippen LogP contribution in [0, 0.1) is 6.92 Å². The number of carbonyl (C=O) groups excluding carboxylic acids is 8. The van der Waals surface area contributed by atoms with Crippen molar-refractivity contribution < 1.29 is 101 Å². The van der Waals surface area contributed by atoms with Gasteiger partial charge in [0.15, 0.2) is 0 Å². The first-order valence-corrected chi connectivity index (χ1v) is 26.8. The van der Waals surface area contributed by atoms with E-state index in [0.29, 0.717) is 51.1 Å². The molecule has 0 unspecified atom stereocenters. The van der Waals surface area contributed by atoms with Crippen LogP contribution in [0.4, 0.5) is 9.59 Å². The third kappa shape index (κ3) is 38.5. The van der Waals surface area contributed by atoms with Crippen LogP contribution >= 0.6 is 0 Å². The summed E-state index contributed by atoms with van der Waals surface area (Å²) in [4.78, 5) is 92.5. The molecule has 0 aliphatic rings. The number of ether oxygens (including phenoxy) is 12. The molecule has 0 heterocycles. The maximum Gasteiger partial charge on any atom is 0.513 e. The van der Waals surface area contributed by atoms with E-state index in [0.717, 1.165) is 82.5 Å². The van der Waals surface area contributed by atoms with Crippen LogP contribution in [0.2, 0.25) is 0 Å². The third-order valence-electron chi connectivity index (χ3n) is 10.4. The Balaban J connectivity index is 0.00000170. The van der Waals surface area contributed by atoms with Crippen molar-refractivity contribution in [2.75, 3.05) is 59.5 Å². The van der Waals surface area contributed by atoms with Gasteiger partial charge in [-0.25, -0.2) is 38.4 Å². The summed E-state index contributed by atoms with van der Waals surface area (Å²) in [5, 5.41) is 0. The lowest BCUT2D eigenvalue weighted by atomic mass is 10.2. The molecule has 0 bridgehead atoms. The van der Waals surface area contributed by atoms with E-state index in [1.54, 1.807) is 19.1 Å². The minimum absolute atomic E-state index is 0. The van der Waals surface area contributed by atoms with E-state index in [9.17, 15) is 38.4 Å². The Bertz CT molecular complexity index is 2550. The van der Waals surface area contributed by atoms with Gasteiger partial charge in [0.05, 0.1) is 69.7 Å². The molecule has 0 aliphatic heterocycles. The molecular weight excluding hydrogens is 1090 g/mol. The molecular formula is C63H80O21. The van der Waals surface area contributed by atoms with Gasteiger partial charge in [0.1, 0.15) is 23.0 Å². The molecule has 3 aromatic rings. The summed E-state index contributed by atoms with van der Waals surface area (Å²) in [5.74, 6) is -1.48. The van der Waals surface area contributed by atoms with Crippen LogP contribution in [-0.2, 0) is 57.1 Å². The summed E-state index contributed by atoms with van der Waals surface area (Å²) >= 11 is 0. The first kappa shape index (κ1) is 74.9. The van der Waals surface area contributed by atoms with Crippen LogP contribution in [-0.4, -0.2) is 113 Å². The number of esters is 6. The molecule has 3 rings (SSSR count). The van der Waals surface area contributed by atoms with Crippen molar-refractivity contribution in [2.24, 2.45) is 0 Å². The van der Waals surface area contributed by atoms with Crippen molar-refractivity contribution in [3.8, 4) is 23.0 Å². The van der Waals surface area contributed by atoms with E-state index in [4.69, 9.17) is 56.8 Å². The average Bonchev–Trinajstić information content (AvgIpc) is 3.40. The highest BCUT2D eigenvalue weighted by Crippen LogP contribution is 2.26. The van der Waals surface area contributed by atoms with Gasteiger partial charge in [-0.1, -0.05) is 51.5 Å². The highest BCUT2D eigenvalue weighted by molar-refractivity contribution is 5.92. The molecule has 0 saturated heterocycles. The van der Waals surface area contributed by atoms with Gasteiger partial charge in [-0.05, 0) is 163 Å². The van der Waals surface area contributed by atoms with Crippen molar-refractivity contribution >= 4 is 48.1 Å². The highest BCUT2D eigenvalue weighted by Gasteiger charge is 2.16. The normalized spacial score (nSPS) is 10.0. The largest absolute Gasteiger partial charge is 0.513 e. The Labute approximate surface area is 491 Å². The number of unbranched alkanes of at least 4 members (excludes halogenated alkanes) is 8. The van der Waals surface area contributed by atoms with Crippen molar-refractivity contribution in [2.45, 2.75) is 90.9 Å². The Morgan fingerprint density at radius 3 is 1.12 bits per heavy atom. The lowest BCUT2D eigenvalue weighted by Gasteiger charge is -2.11. The zero-order chi connectivity index (χ0) is 61.3. The van der Waals surface area contributed by atoms with Gasteiger partial charge in [-0.2, -0.15) is 0 Å². The first-order valence-electron chi connectivity index (χ1n) is 26.8. The van der Waals surface area contributed by atoms with Crippen molar-refractivity contribution in [3.05, 3.63) is 171 Å². The number of aryl methyl sites for hydroxylation is 1. The topological polar surface area (TPSA) is 279 Å². The van der Waals surface area contributed by atoms with Gasteiger partial charge in [0.2, 0.25) is 0 Å². The van der Waals surface area contributed by atoms with E-state index < -0.39 is 36.2 Å². The van der Waals surface area contributed by atoms with Crippen LogP contribution in [0.15, 0.2) is 154 Å². The quantitative estimate of drug-likeness (QED) is 0.00593. The van der Waals surface area contributed by atoms with Crippen LogP contribution in [0.1, 0.15) is 110 Å². The monoisotopic (exact) mass is 1170 g/mol.